The Hall–Kier alpha value is -8.83. The number of amides is 5. The van der Waals surface area contributed by atoms with Crippen LogP contribution >= 0.6 is 0 Å². The van der Waals surface area contributed by atoms with Crippen LogP contribution in [0.3, 0.4) is 0 Å². The van der Waals surface area contributed by atoms with E-state index in [1.807, 2.05) is 0 Å². The van der Waals surface area contributed by atoms with Gasteiger partial charge in [0.05, 0.1) is 35.4 Å². The predicted molar refractivity (Wildman–Crippen MR) is 280 cm³/mol. The first-order valence-corrected chi connectivity index (χ1v) is 24.9. The van der Waals surface area contributed by atoms with Gasteiger partial charge in [-0.25, -0.2) is 19.5 Å². The maximum absolute atomic E-state index is 14.2. The minimum Gasteiger partial charge on any atom is -0.493 e. The molecule has 5 amide bonds. The third-order valence-corrected chi connectivity index (χ3v) is 12.8. The number of nitrogens with one attached hydrogen (secondary N) is 3. The summed E-state index contributed by atoms with van der Waals surface area (Å²) < 4.78 is 37.4. The van der Waals surface area contributed by atoms with E-state index in [2.05, 4.69) is 34.1 Å². The molecule has 0 spiro atoms. The fourth-order valence-electron chi connectivity index (χ4n) is 9.02. The van der Waals surface area contributed by atoms with Crippen molar-refractivity contribution in [3.8, 4) is 22.6 Å². The number of nitrogens with zero attached hydrogens (tertiary/aromatic N) is 6. The Morgan fingerprint density at radius 2 is 1.70 bits per heavy atom. The van der Waals surface area contributed by atoms with Crippen LogP contribution in [0.5, 0.6) is 11.5 Å². The lowest BCUT2D eigenvalue weighted by Crippen LogP contribution is -2.54. The van der Waals surface area contributed by atoms with E-state index in [-0.39, 0.29) is 91.3 Å². The number of benzene rings is 3. The van der Waals surface area contributed by atoms with Crippen molar-refractivity contribution in [2.45, 2.75) is 70.4 Å². The van der Waals surface area contributed by atoms with Crippen molar-refractivity contribution < 1.29 is 62.1 Å². The zero-order chi connectivity index (χ0) is 54.8. The summed E-state index contributed by atoms with van der Waals surface area (Å²) in [6, 6.07) is 16.5. The normalized spacial score (nSPS) is 16.8. The second-order valence-corrected chi connectivity index (χ2v) is 18.5. The summed E-state index contributed by atoms with van der Waals surface area (Å²) in [7, 11) is 3.36. The van der Waals surface area contributed by atoms with Gasteiger partial charge in [-0.3, -0.25) is 29.3 Å². The third-order valence-electron chi connectivity index (χ3n) is 12.8. The number of carbonyl (C=O) groups excluding carboxylic acids is 6. The first-order chi connectivity index (χ1) is 37.1. The maximum atomic E-state index is 14.2. The van der Waals surface area contributed by atoms with Crippen LogP contribution < -0.4 is 30.3 Å². The molecular weight excluding hydrogens is 999 g/mol. The van der Waals surface area contributed by atoms with Gasteiger partial charge in [0.2, 0.25) is 11.7 Å². The molecule has 2 saturated heterocycles. The van der Waals surface area contributed by atoms with Gasteiger partial charge in [-0.1, -0.05) is 36.9 Å². The SMILES string of the molecule is C=CCOC(=O)N1c2cc(OCCCC(=O)Nc3cn(C)c(C(=O)Nc4ccc(-c5cc(C(=O)NCCCOC(=O)Oc6ccc([N+](=O)[O-])cc6)n(C)c5)cc4)n3)c(C)cc2C(=O)N2CC(=C)C[C@H]2C1OC1CCCCO1. The first-order valence-electron chi connectivity index (χ1n) is 24.9. The summed E-state index contributed by atoms with van der Waals surface area (Å²) in [6.07, 6.45) is 4.97. The van der Waals surface area contributed by atoms with Gasteiger partial charge in [-0.15, -0.1) is 0 Å². The average molecular weight is 1060 g/mol. The molecule has 5 aromatic rings. The van der Waals surface area contributed by atoms with Crippen LogP contribution in [0.4, 0.5) is 32.5 Å². The number of ether oxygens (including phenoxy) is 6. The molecular formula is C54H59N9O14. The Balaban J connectivity index is 0.807. The van der Waals surface area contributed by atoms with Crippen LogP contribution in [0.25, 0.3) is 11.1 Å². The maximum Gasteiger partial charge on any atom is 0.513 e. The fourth-order valence-corrected chi connectivity index (χ4v) is 9.02. The summed E-state index contributed by atoms with van der Waals surface area (Å²) in [5.74, 6) is -0.807. The van der Waals surface area contributed by atoms with E-state index in [1.165, 1.54) is 46.0 Å². The highest BCUT2D eigenvalue weighted by atomic mass is 16.7. The van der Waals surface area contributed by atoms with E-state index < -0.39 is 41.6 Å². The number of aromatic nitrogens is 3. The third kappa shape index (κ3) is 13.4. The van der Waals surface area contributed by atoms with E-state index in [0.29, 0.717) is 55.1 Å². The van der Waals surface area contributed by atoms with Crippen LogP contribution in [0.15, 0.2) is 104 Å². The monoisotopic (exact) mass is 1060 g/mol. The summed E-state index contributed by atoms with van der Waals surface area (Å²) in [5.41, 5.74) is 4.25. The lowest BCUT2D eigenvalue weighted by atomic mass is 10.1. The number of imidazole rings is 1. The highest BCUT2D eigenvalue weighted by Crippen LogP contribution is 2.41. The number of carbonyl (C=O) groups is 6. The van der Waals surface area contributed by atoms with Gasteiger partial charge < -0.3 is 58.4 Å². The van der Waals surface area contributed by atoms with Crippen LogP contribution in [0.2, 0.25) is 0 Å². The number of nitro groups is 1. The Labute approximate surface area is 442 Å². The van der Waals surface area contributed by atoms with Gasteiger partial charge in [-0.05, 0) is 93.0 Å². The van der Waals surface area contributed by atoms with Gasteiger partial charge in [0.25, 0.3) is 23.4 Å². The van der Waals surface area contributed by atoms with Gasteiger partial charge in [0, 0.05) is 82.1 Å². The molecule has 0 aliphatic carbocycles. The zero-order valence-corrected chi connectivity index (χ0v) is 42.8. The van der Waals surface area contributed by atoms with Crippen molar-refractivity contribution >= 4 is 58.8 Å². The first kappa shape index (κ1) is 54.4. The fraction of sp³-hybridized carbons (Fsp3) is 0.352. The van der Waals surface area contributed by atoms with Gasteiger partial charge >= 0.3 is 12.2 Å². The highest BCUT2D eigenvalue weighted by molar-refractivity contribution is 6.06. The predicted octanol–water partition coefficient (Wildman–Crippen LogP) is 7.81. The molecule has 3 aliphatic heterocycles. The summed E-state index contributed by atoms with van der Waals surface area (Å²) in [5, 5.41) is 19.2. The number of aryl methyl sites for hydroxylation is 3. The summed E-state index contributed by atoms with van der Waals surface area (Å²) in [6.45, 7) is 10.6. The van der Waals surface area contributed by atoms with Crippen molar-refractivity contribution in [1.82, 2.24) is 24.3 Å². The average Bonchev–Trinajstić information content (AvgIpc) is 4.14. The van der Waals surface area contributed by atoms with Gasteiger partial charge in [0.15, 0.2) is 18.3 Å². The molecule has 2 unspecified atom stereocenters. The van der Waals surface area contributed by atoms with Crippen molar-refractivity contribution in [2.24, 2.45) is 14.1 Å². The molecule has 2 aromatic heterocycles. The summed E-state index contributed by atoms with van der Waals surface area (Å²) in [4.78, 5) is 97.2. The molecule has 0 bridgehead atoms. The number of nitro benzene ring substituents is 1. The van der Waals surface area contributed by atoms with Crippen LogP contribution in [0.1, 0.15) is 82.0 Å². The number of hydrogen-bond acceptors (Lipinski definition) is 15. The molecule has 0 saturated carbocycles. The molecule has 2 fully saturated rings. The van der Waals surface area contributed by atoms with E-state index in [0.717, 1.165) is 29.5 Å². The number of rotatable bonds is 20. The Bertz CT molecular complexity index is 3050. The van der Waals surface area contributed by atoms with Crippen LogP contribution in [-0.2, 0) is 37.8 Å². The highest BCUT2D eigenvalue weighted by Gasteiger charge is 2.48. The number of hydrogen-bond donors (Lipinski definition) is 3. The van der Waals surface area contributed by atoms with Crippen molar-refractivity contribution in [3.05, 3.63) is 137 Å². The largest absolute Gasteiger partial charge is 0.513 e. The molecule has 404 valence electrons. The van der Waals surface area contributed by atoms with Crippen molar-refractivity contribution in [2.75, 3.05) is 55.1 Å². The van der Waals surface area contributed by atoms with Crippen molar-refractivity contribution in [1.29, 1.82) is 0 Å². The Kier molecular flexibility index (Phi) is 17.4. The topological polar surface area (TPSA) is 266 Å². The van der Waals surface area contributed by atoms with Crippen LogP contribution in [-0.4, -0.2) is 118 Å². The lowest BCUT2D eigenvalue weighted by Gasteiger charge is -2.38. The van der Waals surface area contributed by atoms with E-state index >= 15 is 0 Å². The zero-order valence-electron chi connectivity index (χ0n) is 42.8. The number of non-ortho nitro benzene ring substituents is 1. The Morgan fingerprint density at radius 1 is 0.922 bits per heavy atom. The smallest absolute Gasteiger partial charge is 0.493 e. The molecule has 3 N–H and O–H groups in total. The molecule has 23 nitrogen and oxygen atoms in total. The quantitative estimate of drug-likeness (QED) is 0.0168. The van der Waals surface area contributed by atoms with Gasteiger partial charge in [0.1, 0.15) is 23.8 Å². The Morgan fingerprint density at radius 3 is 2.43 bits per heavy atom. The standard InChI is InChI=1S/C54H59N9O14/c1-6-22-74-53(68)62-41-29-44(34(3)27-40(41)51(67)61-30-33(2)26-43(61)52(62)77-47-12-7-8-23-73-47)72-24-9-11-46(64)57-45-32-60(5)48(58-45)50(66)56-37-15-13-35(14-16-37)36-28-42(59(4)31-36)49(65)55-21-10-25-75-54(69)76-39-19-17-38(18-20-39)63(70)71/h6,13-20,27-29,31-32,43,47,52H,1-2,7-12,21-26,30H2,3-5H3,(H,55,65)(H,56,66)(H,57,64)/t43-,47?,52?/m0/s1. The van der Waals surface area contributed by atoms with E-state index in [4.69, 9.17) is 28.4 Å². The van der Waals surface area contributed by atoms with Crippen LogP contribution in [0, 0.1) is 17.0 Å². The molecule has 0 radical (unpaired) electrons. The minimum absolute atomic E-state index is 0.0404. The summed E-state index contributed by atoms with van der Waals surface area (Å²) >= 11 is 0. The number of fused-ring (bicyclic) bond motifs is 2. The van der Waals surface area contributed by atoms with E-state index in [1.54, 1.807) is 79.1 Å². The van der Waals surface area contributed by atoms with Crippen molar-refractivity contribution in [3.63, 3.8) is 0 Å². The van der Waals surface area contributed by atoms with Gasteiger partial charge in [-0.2, -0.15) is 0 Å². The molecule has 5 heterocycles. The number of anilines is 3. The minimum atomic E-state index is -0.983. The lowest BCUT2D eigenvalue weighted by molar-refractivity contribution is -0.384. The van der Waals surface area contributed by atoms with E-state index in [9.17, 15) is 38.9 Å². The second-order valence-electron chi connectivity index (χ2n) is 18.5. The molecule has 3 aromatic carbocycles. The molecule has 3 aliphatic rings. The molecule has 23 heteroatoms. The second kappa shape index (κ2) is 24.7. The molecule has 8 rings (SSSR count). The molecule has 77 heavy (non-hydrogen) atoms. The molecule has 3 atom stereocenters.